The van der Waals surface area contributed by atoms with E-state index >= 15 is 0 Å². The van der Waals surface area contributed by atoms with Gasteiger partial charge in [-0.15, -0.1) is 0 Å². The molecule has 244 valence electrons. The SMILES string of the molecule is c1ccc(-c2cc(-c3ccc(N(c4ccccc4)c4ccc(-c5ccc6ccccc6c5)c5oc6ccccc6c45)cc3)cc3ccccc23)cc1. The zero-order valence-corrected chi connectivity index (χ0v) is 28.4. The molecule has 1 aromatic heterocycles. The van der Waals surface area contributed by atoms with E-state index in [-0.39, 0.29) is 0 Å². The maximum Gasteiger partial charge on any atom is 0.145 e. The van der Waals surface area contributed by atoms with Crippen molar-refractivity contribution in [3.8, 4) is 33.4 Å². The van der Waals surface area contributed by atoms with Crippen molar-refractivity contribution >= 4 is 60.5 Å². The molecule has 0 saturated carbocycles. The van der Waals surface area contributed by atoms with Crippen LogP contribution >= 0.6 is 0 Å². The van der Waals surface area contributed by atoms with Gasteiger partial charge in [0.15, 0.2) is 0 Å². The average molecular weight is 664 g/mol. The van der Waals surface area contributed by atoms with Gasteiger partial charge in [0, 0.05) is 22.3 Å². The highest BCUT2D eigenvalue weighted by Gasteiger charge is 2.22. The van der Waals surface area contributed by atoms with Gasteiger partial charge >= 0.3 is 0 Å². The smallest absolute Gasteiger partial charge is 0.145 e. The van der Waals surface area contributed by atoms with Crippen molar-refractivity contribution < 1.29 is 4.42 Å². The molecule has 2 nitrogen and oxygen atoms in total. The molecule has 0 aliphatic carbocycles. The maximum atomic E-state index is 6.75. The average Bonchev–Trinajstić information content (AvgIpc) is 3.61. The van der Waals surface area contributed by atoms with Gasteiger partial charge in [0.25, 0.3) is 0 Å². The molecule has 0 N–H and O–H groups in total. The molecular weight excluding hydrogens is 631 g/mol. The van der Waals surface area contributed by atoms with E-state index in [1.54, 1.807) is 0 Å². The number of anilines is 3. The van der Waals surface area contributed by atoms with Crippen molar-refractivity contribution in [1.82, 2.24) is 0 Å². The first-order valence-electron chi connectivity index (χ1n) is 17.8. The molecule has 0 spiro atoms. The highest BCUT2D eigenvalue weighted by Crippen LogP contribution is 2.46. The molecule has 9 aromatic carbocycles. The van der Waals surface area contributed by atoms with Gasteiger partial charge in [-0.2, -0.15) is 0 Å². The summed E-state index contributed by atoms with van der Waals surface area (Å²) in [6.45, 7) is 0. The van der Waals surface area contributed by atoms with Crippen molar-refractivity contribution in [1.29, 1.82) is 0 Å². The summed E-state index contributed by atoms with van der Waals surface area (Å²) in [7, 11) is 0. The highest BCUT2D eigenvalue weighted by molar-refractivity contribution is 6.17. The summed E-state index contributed by atoms with van der Waals surface area (Å²) in [6.07, 6.45) is 0. The van der Waals surface area contributed by atoms with E-state index < -0.39 is 0 Å². The third-order valence-electron chi connectivity index (χ3n) is 10.2. The fraction of sp³-hybridized carbons (Fsp3) is 0. The lowest BCUT2D eigenvalue weighted by molar-refractivity contribution is 0.670. The predicted molar refractivity (Wildman–Crippen MR) is 220 cm³/mol. The first-order chi connectivity index (χ1) is 25.8. The van der Waals surface area contributed by atoms with Crippen LogP contribution in [0.3, 0.4) is 0 Å². The van der Waals surface area contributed by atoms with E-state index in [0.717, 1.165) is 50.1 Å². The Labute approximate surface area is 302 Å². The molecular formula is C50H33NO. The second-order valence-electron chi connectivity index (χ2n) is 13.3. The van der Waals surface area contributed by atoms with E-state index in [2.05, 4.69) is 199 Å². The predicted octanol–water partition coefficient (Wildman–Crippen LogP) is 14.4. The monoisotopic (exact) mass is 663 g/mol. The molecule has 0 fully saturated rings. The van der Waals surface area contributed by atoms with Crippen LogP contribution in [-0.2, 0) is 0 Å². The van der Waals surface area contributed by atoms with Crippen LogP contribution in [0.4, 0.5) is 17.1 Å². The first-order valence-corrected chi connectivity index (χ1v) is 17.8. The van der Waals surface area contributed by atoms with Crippen molar-refractivity contribution in [2.75, 3.05) is 4.90 Å². The fourth-order valence-electron chi connectivity index (χ4n) is 7.72. The molecule has 0 radical (unpaired) electrons. The molecule has 0 atom stereocenters. The minimum Gasteiger partial charge on any atom is -0.455 e. The van der Waals surface area contributed by atoms with Gasteiger partial charge in [-0.3, -0.25) is 0 Å². The number of furan rings is 1. The van der Waals surface area contributed by atoms with Gasteiger partial charge in [-0.1, -0.05) is 140 Å². The van der Waals surface area contributed by atoms with Gasteiger partial charge in [0.2, 0.25) is 0 Å². The van der Waals surface area contributed by atoms with E-state index in [0.29, 0.717) is 0 Å². The van der Waals surface area contributed by atoms with Gasteiger partial charge < -0.3 is 9.32 Å². The van der Waals surface area contributed by atoms with Crippen LogP contribution < -0.4 is 4.90 Å². The summed E-state index contributed by atoms with van der Waals surface area (Å²) < 4.78 is 6.75. The molecule has 0 aliphatic rings. The highest BCUT2D eigenvalue weighted by atomic mass is 16.3. The van der Waals surface area contributed by atoms with E-state index in [1.807, 2.05) is 6.07 Å². The Morgan fingerprint density at radius 3 is 1.77 bits per heavy atom. The Bertz CT molecular complexity index is 2890. The number of hydrogen-bond donors (Lipinski definition) is 0. The molecule has 10 rings (SSSR count). The van der Waals surface area contributed by atoms with Crippen molar-refractivity contribution in [3.63, 3.8) is 0 Å². The van der Waals surface area contributed by atoms with Gasteiger partial charge in [-0.25, -0.2) is 0 Å². The molecule has 10 aromatic rings. The van der Waals surface area contributed by atoms with Crippen LogP contribution in [0.15, 0.2) is 205 Å². The van der Waals surface area contributed by atoms with E-state index in [4.69, 9.17) is 4.42 Å². The molecule has 2 heteroatoms. The Kier molecular flexibility index (Phi) is 7.18. The molecule has 0 unspecified atom stereocenters. The van der Waals surface area contributed by atoms with Crippen LogP contribution in [0.1, 0.15) is 0 Å². The third-order valence-corrected chi connectivity index (χ3v) is 10.2. The van der Waals surface area contributed by atoms with Crippen molar-refractivity contribution in [3.05, 3.63) is 200 Å². The topological polar surface area (TPSA) is 16.4 Å². The van der Waals surface area contributed by atoms with E-state index in [9.17, 15) is 0 Å². The minimum absolute atomic E-state index is 0.876. The summed E-state index contributed by atoms with van der Waals surface area (Å²) in [6, 6.07) is 71.6. The Morgan fingerprint density at radius 1 is 0.346 bits per heavy atom. The second kappa shape index (κ2) is 12.5. The second-order valence-corrected chi connectivity index (χ2v) is 13.3. The van der Waals surface area contributed by atoms with E-state index in [1.165, 1.54) is 43.8 Å². The van der Waals surface area contributed by atoms with Gasteiger partial charge in [0.1, 0.15) is 11.2 Å². The first kappa shape index (κ1) is 30.0. The van der Waals surface area contributed by atoms with Crippen molar-refractivity contribution in [2.45, 2.75) is 0 Å². The lowest BCUT2D eigenvalue weighted by atomic mass is 9.93. The molecule has 0 bridgehead atoms. The Hall–Kier alpha value is -6.90. The number of para-hydroxylation sites is 2. The summed E-state index contributed by atoms with van der Waals surface area (Å²) in [5.41, 5.74) is 12.0. The summed E-state index contributed by atoms with van der Waals surface area (Å²) in [5.74, 6) is 0. The molecule has 52 heavy (non-hydrogen) atoms. The Morgan fingerprint density at radius 2 is 0.962 bits per heavy atom. The standard InChI is InChI=1S/C50H33NO/c1-3-14-36(15-4-1)46-33-40(32-38-17-9-10-20-43(38)46)35-25-27-42(28-26-35)51(41-18-5-2-6-19-41)47-30-29-44(39-24-23-34-13-7-8-16-37(34)31-39)50-49(47)45-21-11-12-22-48(45)52-50/h1-33H. The van der Waals surface area contributed by atoms with Crippen molar-refractivity contribution in [2.24, 2.45) is 0 Å². The summed E-state index contributed by atoms with van der Waals surface area (Å²) in [5, 5.41) is 7.11. The summed E-state index contributed by atoms with van der Waals surface area (Å²) in [4.78, 5) is 2.36. The normalized spacial score (nSPS) is 11.5. The van der Waals surface area contributed by atoms with Crippen LogP contribution in [0.5, 0.6) is 0 Å². The largest absolute Gasteiger partial charge is 0.455 e. The quantitative estimate of drug-likeness (QED) is 0.176. The maximum absolute atomic E-state index is 6.75. The lowest BCUT2D eigenvalue weighted by Gasteiger charge is -2.27. The molecule has 0 saturated heterocycles. The van der Waals surface area contributed by atoms with Crippen LogP contribution in [-0.4, -0.2) is 0 Å². The zero-order valence-electron chi connectivity index (χ0n) is 28.4. The fourth-order valence-corrected chi connectivity index (χ4v) is 7.72. The summed E-state index contributed by atoms with van der Waals surface area (Å²) >= 11 is 0. The zero-order chi connectivity index (χ0) is 34.4. The molecule has 0 amide bonds. The minimum atomic E-state index is 0.876. The molecule has 1 heterocycles. The Balaban J connectivity index is 1.14. The number of fused-ring (bicyclic) bond motifs is 5. The number of benzene rings is 9. The lowest BCUT2D eigenvalue weighted by Crippen LogP contribution is -2.10. The van der Waals surface area contributed by atoms with Crippen LogP contribution in [0.2, 0.25) is 0 Å². The number of rotatable bonds is 6. The van der Waals surface area contributed by atoms with Crippen LogP contribution in [0, 0.1) is 0 Å². The van der Waals surface area contributed by atoms with Gasteiger partial charge in [0.05, 0.1) is 11.1 Å². The van der Waals surface area contributed by atoms with Crippen LogP contribution in [0.25, 0.3) is 76.9 Å². The third kappa shape index (κ3) is 5.12. The number of hydrogen-bond acceptors (Lipinski definition) is 2. The molecule has 0 aliphatic heterocycles. The van der Waals surface area contributed by atoms with Gasteiger partial charge in [-0.05, 0) is 110 Å². The number of nitrogens with zero attached hydrogens (tertiary/aromatic N) is 1.